The molecule has 0 bridgehead atoms. The van der Waals surface area contributed by atoms with Crippen LogP contribution < -0.4 is 5.73 Å². The highest BCUT2D eigenvalue weighted by atomic mass is 16.1. The highest BCUT2D eigenvalue weighted by Crippen LogP contribution is 2.14. The Morgan fingerprint density at radius 1 is 0.333 bits per heavy atom. The van der Waals surface area contributed by atoms with Gasteiger partial charge in [-0.2, -0.15) is 0 Å². The number of rotatable bonds is 39. The largest absolute Gasteiger partial charge is 0.369 e. The van der Waals surface area contributed by atoms with Crippen LogP contribution in [0.3, 0.4) is 0 Å². The van der Waals surface area contributed by atoms with Gasteiger partial charge in [-0.05, 0) is 58.4 Å². The summed E-state index contributed by atoms with van der Waals surface area (Å²) in [5, 5.41) is 0. The zero-order valence-corrected chi connectivity index (χ0v) is 31.5. The number of hydrogen-bond acceptors (Lipinski definition) is 3. The summed E-state index contributed by atoms with van der Waals surface area (Å²) < 4.78 is 0. The molecule has 4 nitrogen and oxygen atoms in total. The van der Waals surface area contributed by atoms with Crippen molar-refractivity contribution in [3.8, 4) is 0 Å². The highest BCUT2D eigenvalue weighted by molar-refractivity contribution is 5.75. The Balaban J connectivity index is 4.33. The van der Waals surface area contributed by atoms with E-state index in [1.807, 2.05) is 0 Å². The summed E-state index contributed by atoms with van der Waals surface area (Å²) in [6.07, 6.45) is 42.8. The first kappa shape index (κ1) is 44.4. The molecule has 0 aromatic heterocycles. The fourth-order valence-corrected chi connectivity index (χ4v) is 6.81. The molecule has 0 saturated carbocycles. The van der Waals surface area contributed by atoms with E-state index in [-0.39, 0.29) is 5.91 Å². The fraction of sp³-hybridized carbons (Fsp3) is 0.976. The first-order valence-corrected chi connectivity index (χ1v) is 20.9. The van der Waals surface area contributed by atoms with Gasteiger partial charge in [0.2, 0.25) is 5.91 Å². The smallest absolute Gasteiger partial charge is 0.231 e. The molecule has 0 unspecified atom stereocenters. The number of hydrogen-bond donors (Lipinski definition) is 1. The molecule has 0 aliphatic carbocycles. The first-order chi connectivity index (χ1) is 22.1. The Kier molecular flexibility index (Phi) is 37.3. The zero-order valence-electron chi connectivity index (χ0n) is 31.5. The lowest BCUT2D eigenvalue weighted by Gasteiger charge is -2.25. The first-order valence-electron chi connectivity index (χ1n) is 20.9. The predicted molar refractivity (Wildman–Crippen MR) is 202 cm³/mol. The molecule has 270 valence electrons. The van der Waals surface area contributed by atoms with Crippen LogP contribution in [0.15, 0.2) is 0 Å². The quantitative estimate of drug-likeness (QED) is 0.0684. The average molecular weight is 636 g/mol. The van der Waals surface area contributed by atoms with Crippen LogP contribution in [0.5, 0.6) is 0 Å². The van der Waals surface area contributed by atoms with Gasteiger partial charge in [0.15, 0.2) is 0 Å². The van der Waals surface area contributed by atoms with E-state index >= 15 is 0 Å². The molecule has 0 aliphatic heterocycles. The summed E-state index contributed by atoms with van der Waals surface area (Å²) in [6.45, 7) is 13.0. The Morgan fingerprint density at radius 2 is 0.556 bits per heavy atom. The average Bonchev–Trinajstić information content (AvgIpc) is 3.03. The van der Waals surface area contributed by atoms with Crippen LogP contribution in [0.25, 0.3) is 0 Å². The van der Waals surface area contributed by atoms with Crippen molar-refractivity contribution in [2.45, 2.75) is 220 Å². The lowest BCUT2D eigenvalue weighted by molar-refractivity contribution is -0.119. The van der Waals surface area contributed by atoms with Crippen molar-refractivity contribution in [1.29, 1.82) is 0 Å². The van der Waals surface area contributed by atoms with Gasteiger partial charge >= 0.3 is 0 Å². The van der Waals surface area contributed by atoms with Crippen molar-refractivity contribution in [3.05, 3.63) is 0 Å². The van der Waals surface area contributed by atoms with E-state index in [9.17, 15) is 4.79 Å². The van der Waals surface area contributed by atoms with Crippen molar-refractivity contribution in [2.24, 2.45) is 5.73 Å². The van der Waals surface area contributed by atoms with E-state index in [4.69, 9.17) is 5.73 Å². The van der Waals surface area contributed by atoms with Crippen LogP contribution in [0.2, 0.25) is 0 Å². The second-order valence-electron chi connectivity index (χ2n) is 14.5. The van der Waals surface area contributed by atoms with Gasteiger partial charge < -0.3 is 10.6 Å². The molecule has 1 amide bonds. The maximum absolute atomic E-state index is 11.8. The van der Waals surface area contributed by atoms with Crippen molar-refractivity contribution >= 4 is 5.91 Å². The summed E-state index contributed by atoms with van der Waals surface area (Å²) in [6, 6.07) is 0. The molecule has 0 radical (unpaired) electrons. The van der Waals surface area contributed by atoms with Crippen LogP contribution in [0, 0.1) is 0 Å². The summed E-state index contributed by atoms with van der Waals surface area (Å²) in [4.78, 5) is 16.9. The van der Waals surface area contributed by atoms with Crippen LogP contribution in [0.1, 0.15) is 220 Å². The molecule has 0 rings (SSSR count). The van der Waals surface area contributed by atoms with Gasteiger partial charge in [0.25, 0.3) is 0 Å². The molecular formula is C41H85N3O. The molecular weight excluding hydrogens is 550 g/mol. The van der Waals surface area contributed by atoms with E-state index in [1.54, 1.807) is 0 Å². The summed E-state index contributed by atoms with van der Waals surface area (Å²) >= 11 is 0. The van der Waals surface area contributed by atoms with Gasteiger partial charge in [-0.25, -0.2) is 0 Å². The van der Waals surface area contributed by atoms with Crippen LogP contribution >= 0.6 is 0 Å². The number of unbranched alkanes of at least 4 members (excludes halogenated alkanes) is 27. The number of primary amides is 1. The van der Waals surface area contributed by atoms with Gasteiger partial charge in [0, 0.05) is 0 Å². The van der Waals surface area contributed by atoms with Crippen LogP contribution in [-0.4, -0.2) is 55.0 Å². The van der Waals surface area contributed by atoms with Gasteiger partial charge in [0.1, 0.15) is 0 Å². The monoisotopic (exact) mass is 636 g/mol. The maximum Gasteiger partial charge on any atom is 0.231 e. The Morgan fingerprint density at radius 3 is 0.844 bits per heavy atom. The van der Waals surface area contributed by atoms with E-state index in [0.717, 1.165) is 19.5 Å². The molecule has 0 aliphatic rings. The molecule has 0 fully saturated rings. The predicted octanol–water partition coefficient (Wildman–Crippen LogP) is 12.2. The number of carbonyl (C=O) groups is 1. The summed E-state index contributed by atoms with van der Waals surface area (Å²) in [5.41, 5.74) is 5.65. The third-order valence-corrected chi connectivity index (χ3v) is 9.81. The van der Waals surface area contributed by atoms with Crippen molar-refractivity contribution in [2.75, 3.05) is 39.3 Å². The molecule has 4 heteroatoms. The van der Waals surface area contributed by atoms with E-state index < -0.39 is 0 Å². The summed E-state index contributed by atoms with van der Waals surface area (Å²) in [7, 11) is 0. The minimum absolute atomic E-state index is 0.172. The third kappa shape index (κ3) is 36.1. The van der Waals surface area contributed by atoms with E-state index in [1.165, 1.54) is 212 Å². The van der Waals surface area contributed by atoms with Gasteiger partial charge in [0.05, 0.1) is 6.54 Å². The molecule has 2 N–H and O–H groups in total. The summed E-state index contributed by atoms with van der Waals surface area (Å²) in [5.74, 6) is -0.172. The normalized spacial score (nSPS) is 11.8. The van der Waals surface area contributed by atoms with Crippen molar-refractivity contribution in [1.82, 2.24) is 9.80 Å². The lowest BCUT2D eigenvalue weighted by atomic mass is 10.1. The molecule has 0 aromatic carbocycles. The molecule has 0 atom stereocenters. The Labute approximate surface area is 284 Å². The van der Waals surface area contributed by atoms with E-state index in [2.05, 4.69) is 30.6 Å². The van der Waals surface area contributed by atoms with E-state index in [0.29, 0.717) is 6.54 Å². The number of nitrogens with two attached hydrogens (primary N) is 1. The van der Waals surface area contributed by atoms with Gasteiger partial charge in [-0.3, -0.25) is 9.69 Å². The molecule has 0 heterocycles. The third-order valence-electron chi connectivity index (χ3n) is 9.81. The lowest BCUT2D eigenvalue weighted by Crippen LogP contribution is -2.37. The van der Waals surface area contributed by atoms with Gasteiger partial charge in [-0.15, -0.1) is 0 Å². The van der Waals surface area contributed by atoms with Gasteiger partial charge in [-0.1, -0.05) is 194 Å². The molecule has 0 saturated heterocycles. The van der Waals surface area contributed by atoms with Crippen LogP contribution in [-0.2, 0) is 4.79 Å². The topological polar surface area (TPSA) is 49.6 Å². The molecule has 0 aromatic rings. The fourth-order valence-electron chi connectivity index (χ4n) is 6.81. The maximum atomic E-state index is 11.8. The standard InChI is InChI=1S/C41H85N3O/c1-4-7-10-13-16-19-22-25-28-31-35-43(36-32-29-26-23-20-17-14-11-8-5-2)38-34-39-44(40-41(42)45)37-33-30-27-24-21-18-15-12-9-6-3/h4-40H2,1-3H3,(H2,42,45). The number of nitrogens with zero attached hydrogens (tertiary/aromatic N) is 2. The van der Waals surface area contributed by atoms with Crippen molar-refractivity contribution < 1.29 is 4.79 Å². The Bertz CT molecular complexity index is 545. The van der Waals surface area contributed by atoms with Crippen molar-refractivity contribution in [3.63, 3.8) is 0 Å². The number of carbonyl (C=O) groups excluding carboxylic acids is 1. The molecule has 0 spiro atoms. The Hall–Kier alpha value is -0.610. The van der Waals surface area contributed by atoms with Crippen LogP contribution in [0.4, 0.5) is 0 Å². The number of amides is 1. The minimum atomic E-state index is -0.172. The zero-order chi connectivity index (χ0) is 32.9. The SMILES string of the molecule is CCCCCCCCCCCCN(CCCCCCCCCCCC)CCCN(CCCCCCCCCCCC)CC(N)=O. The highest BCUT2D eigenvalue weighted by Gasteiger charge is 2.10. The molecule has 45 heavy (non-hydrogen) atoms. The minimum Gasteiger partial charge on any atom is -0.369 e. The second-order valence-corrected chi connectivity index (χ2v) is 14.5. The second kappa shape index (κ2) is 37.8.